The van der Waals surface area contributed by atoms with Crippen LogP contribution in [0.25, 0.3) is 0 Å². The average molecular weight is 517 g/mol. The summed E-state index contributed by atoms with van der Waals surface area (Å²) >= 11 is 0. The van der Waals surface area contributed by atoms with Crippen LogP contribution in [-0.4, -0.2) is 24.0 Å². The molecular weight excluding hydrogens is 476 g/mol. The zero-order chi connectivity index (χ0) is 27.7. The van der Waals surface area contributed by atoms with Crippen LogP contribution in [0.2, 0.25) is 0 Å². The number of nitrogens with one attached hydrogen (secondary N) is 2. The van der Waals surface area contributed by atoms with E-state index in [1.165, 1.54) is 0 Å². The third-order valence-electron chi connectivity index (χ3n) is 6.89. The molecule has 3 aromatic rings. The van der Waals surface area contributed by atoms with E-state index >= 15 is 0 Å². The number of carbonyl (C=O) groups is 2. The van der Waals surface area contributed by atoms with Gasteiger partial charge in [-0.15, -0.1) is 0 Å². The van der Waals surface area contributed by atoms with Gasteiger partial charge in [-0.3, -0.25) is 9.59 Å². The quantitative estimate of drug-likeness (QED) is 0.261. The van der Waals surface area contributed by atoms with Crippen molar-refractivity contribution >= 4 is 23.2 Å². The summed E-state index contributed by atoms with van der Waals surface area (Å²) in [7, 11) is 0. The fourth-order valence-electron chi connectivity index (χ4n) is 4.04. The summed E-state index contributed by atoms with van der Waals surface area (Å²) in [4.78, 5) is 25.5. The molecule has 0 bridgehead atoms. The maximum absolute atomic E-state index is 12.8. The Labute approximate surface area is 226 Å². The summed E-state index contributed by atoms with van der Waals surface area (Å²) in [6.07, 6.45) is 0.631. The van der Waals surface area contributed by atoms with Gasteiger partial charge in [0.05, 0.1) is 0 Å². The van der Waals surface area contributed by atoms with Gasteiger partial charge in [-0.25, -0.2) is 0 Å². The lowest BCUT2D eigenvalue weighted by Crippen LogP contribution is -2.31. The number of hydrogen-bond donors (Lipinski definition) is 2. The molecule has 0 aliphatic heterocycles. The van der Waals surface area contributed by atoms with Crippen molar-refractivity contribution in [3.05, 3.63) is 83.9 Å². The third kappa shape index (κ3) is 7.60. The Bertz CT molecular complexity index is 1110. The first-order valence-electron chi connectivity index (χ1n) is 13.5. The zero-order valence-corrected chi connectivity index (χ0v) is 23.3. The Hall–Kier alpha value is -3.80. The third-order valence-corrected chi connectivity index (χ3v) is 6.89. The molecule has 0 heterocycles. The number of para-hydroxylation sites is 2. The molecule has 6 heteroatoms. The number of carbonyl (C=O) groups excluding carboxylic acids is 2. The lowest BCUT2D eigenvalue weighted by Gasteiger charge is -2.20. The van der Waals surface area contributed by atoms with Gasteiger partial charge < -0.3 is 20.1 Å². The van der Waals surface area contributed by atoms with Gasteiger partial charge >= 0.3 is 0 Å². The highest BCUT2D eigenvalue weighted by atomic mass is 16.5. The van der Waals surface area contributed by atoms with Gasteiger partial charge in [0, 0.05) is 11.4 Å². The van der Waals surface area contributed by atoms with Crippen molar-refractivity contribution in [2.45, 2.75) is 78.4 Å². The van der Waals surface area contributed by atoms with Gasteiger partial charge in [-0.2, -0.15) is 0 Å². The van der Waals surface area contributed by atoms with Crippen LogP contribution in [0.15, 0.2) is 72.8 Å². The van der Waals surface area contributed by atoms with E-state index in [2.05, 4.69) is 38.3 Å². The molecule has 2 N–H and O–H groups in total. The fraction of sp³-hybridized carbons (Fsp3) is 0.375. The molecule has 0 saturated carbocycles. The fourth-order valence-corrected chi connectivity index (χ4v) is 4.04. The first-order chi connectivity index (χ1) is 18.2. The number of rotatable bonds is 12. The molecule has 38 heavy (non-hydrogen) atoms. The highest BCUT2D eigenvalue weighted by Crippen LogP contribution is 2.30. The second-order valence-electron chi connectivity index (χ2n) is 9.77. The van der Waals surface area contributed by atoms with Gasteiger partial charge in [0.2, 0.25) is 0 Å². The SMILES string of the molecule is CCC(C)c1ccccc1OC(C)C(=O)Nc1ccc(NC(=O)C(C)Oc2ccccc2C(C)CC)cc1. The molecule has 0 aliphatic rings. The lowest BCUT2D eigenvalue weighted by molar-refractivity contribution is -0.122. The van der Waals surface area contributed by atoms with Crippen molar-refractivity contribution in [1.82, 2.24) is 0 Å². The van der Waals surface area contributed by atoms with E-state index in [4.69, 9.17) is 9.47 Å². The predicted molar refractivity (Wildman–Crippen MR) is 154 cm³/mol. The Kier molecular flexibility index (Phi) is 10.3. The molecule has 6 nitrogen and oxygen atoms in total. The first-order valence-corrected chi connectivity index (χ1v) is 13.5. The van der Waals surface area contributed by atoms with Crippen LogP contribution in [0.1, 0.15) is 77.3 Å². The van der Waals surface area contributed by atoms with Gasteiger partial charge in [0.15, 0.2) is 12.2 Å². The number of benzene rings is 3. The van der Waals surface area contributed by atoms with Gasteiger partial charge in [0.25, 0.3) is 11.8 Å². The van der Waals surface area contributed by atoms with E-state index in [9.17, 15) is 9.59 Å². The largest absolute Gasteiger partial charge is 0.481 e. The first kappa shape index (κ1) is 28.8. The maximum atomic E-state index is 12.8. The van der Waals surface area contributed by atoms with Crippen LogP contribution in [0, 0.1) is 0 Å². The highest BCUT2D eigenvalue weighted by Gasteiger charge is 2.20. The predicted octanol–water partition coefficient (Wildman–Crippen LogP) is 7.53. The van der Waals surface area contributed by atoms with Crippen LogP contribution in [-0.2, 0) is 9.59 Å². The van der Waals surface area contributed by atoms with E-state index in [1.807, 2.05) is 48.5 Å². The van der Waals surface area contributed by atoms with Crippen LogP contribution in [0.5, 0.6) is 11.5 Å². The molecule has 0 aromatic heterocycles. The Morgan fingerprint density at radius 3 is 1.29 bits per heavy atom. The molecule has 3 rings (SSSR count). The Morgan fingerprint density at radius 2 is 0.947 bits per heavy atom. The molecule has 0 fully saturated rings. The number of ether oxygens (including phenoxy) is 2. The van der Waals surface area contributed by atoms with Crippen molar-refractivity contribution in [2.24, 2.45) is 0 Å². The second kappa shape index (κ2) is 13.7. The molecule has 4 atom stereocenters. The molecule has 2 amide bonds. The van der Waals surface area contributed by atoms with Crippen LogP contribution < -0.4 is 20.1 Å². The summed E-state index contributed by atoms with van der Waals surface area (Å²) in [5, 5.41) is 5.76. The monoisotopic (exact) mass is 516 g/mol. The minimum absolute atomic E-state index is 0.247. The van der Waals surface area contributed by atoms with E-state index < -0.39 is 12.2 Å². The zero-order valence-electron chi connectivity index (χ0n) is 23.3. The second-order valence-corrected chi connectivity index (χ2v) is 9.77. The van der Waals surface area contributed by atoms with Gasteiger partial charge in [0.1, 0.15) is 11.5 Å². The summed E-state index contributed by atoms with van der Waals surface area (Å²) in [6, 6.07) is 22.7. The van der Waals surface area contributed by atoms with Crippen molar-refractivity contribution < 1.29 is 19.1 Å². The van der Waals surface area contributed by atoms with E-state index in [1.54, 1.807) is 38.1 Å². The smallest absolute Gasteiger partial charge is 0.265 e. The van der Waals surface area contributed by atoms with Crippen LogP contribution >= 0.6 is 0 Å². The van der Waals surface area contributed by atoms with Crippen LogP contribution in [0.4, 0.5) is 11.4 Å². The summed E-state index contributed by atoms with van der Waals surface area (Å²) < 4.78 is 12.0. The van der Waals surface area contributed by atoms with Crippen molar-refractivity contribution in [1.29, 1.82) is 0 Å². The standard InChI is InChI=1S/C32H40N2O4/c1-7-21(3)27-13-9-11-15-29(27)37-23(5)31(35)33-25-17-19-26(20-18-25)34-32(36)24(6)38-30-16-12-10-14-28(30)22(4)8-2/h9-24H,7-8H2,1-6H3,(H,33,35)(H,34,36). The number of amides is 2. The molecule has 202 valence electrons. The van der Waals surface area contributed by atoms with Gasteiger partial charge in [-0.1, -0.05) is 64.1 Å². The highest BCUT2D eigenvalue weighted by molar-refractivity contribution is 5.96. The molecule has 4 unspecified atom stereocenters. The molecule has 3 aromatic carbocycles. The van der Waals surface area contributed by atoms with Crippen molar-refractivity contribution in [2.75, 3.05) is 10.6 Å². The Morgan fingerprint density at radius 1 is 0.605 bits per heavy atom. The summed E-state index contributed by atoms with van der Waals surface area (Å²) in [5.74, 6) is 1.64. The summed E-state index contributed by atoms with van der Waals surface area (Å²) in [6.45, 7) is 12.0. The maximum Gasteiger partial charge on any atom is 0.265 e. The minimum atomic E-state index is -0.670. The molecule has 0 aliphatic carbocycles. The van der Waals surface area contributed by atoms with E-state index in [0.29, 0.717) is 23.2 Å². The van der Waals surface area contributed by atoms with Crippen molar-refractivity contribution in [3.63, 3.8) is 0 Å². The molecule has 0 radical (unpaired) electrons. The van der Waals surface area contributed by atoms with Crippen LogP contribution in [0.3, 0.4) is 0 Å². The minimum Gasteiger partial charge on any atom is -0.481 e. The normalized spacial score (nSPS) is 14.1. The molecule has 0 spiro atoms. The number of anilines is 2. The van der Waals surface area contributed by atoms with E-state index in [-0.39, 0.29) is 11.8 Å². The van der Waals surface area contributed by atoms with Crippen molar-refractivity contribution in [3.8, 4) is 11.5 Å². The van der Waals surface area contributed by atoms with Gasteiger partial charge in [-0.05, 0) is 86.1 Å². The topological polar surface area (TPSA) is 76.7 Å². The lowest BCUT2D eigenvalue weighted by atomic mass is 9.98. The average Bonchev–Trinajstić information content (AvgIpc) is 2.93. The molecular formula is C32H40N2O4. The number of hydrogen-bond acceptors (Lipinski definition) is 4. The molecule has 0 saturated heterocycles. The van der Waals surface area contributed by atoms with E-state index in [0.717, 1.165) is 35.5 Å². The summed E-state index contributed by atoms with van der Waals surface area (Å²) in [5.41, 5.74) is 3.42. The Balaban J connectivity index is 1.56.